The molecule has 1 N–H and O–H groups in total. The van der Waals surface area contributed by atoms with Crippen molar-refractivity contribution in [2.45, 2.75) is 18.5 Å². The van der Waals surface area contributed by atoms with Crippen LogP contribution in [0.2, 0.25) is 5.02 Å². The molecule has 7 nitrogen and oxygen atoms in total. The first-order valence-electron chi connectivity index (χ1n) is 9.75. The number of methoxy groups -OCH3 is 1. The van der Waals surface area contributed by atoms with E-state index < -0.39 is 12.1 Å². The first-order valence-corrected chi connectivity index (χ1v) is 10.1. The molecular weight excluding hydrogens is 406 g/mol. The lowest BCUT2D eigenvalue weighted by molar-refractivity contribution is -0.152. The lowest BCUT2D eigenvalue weighted by Gasteiger charge is -2.45. The molecule has 0 aromatic heterocycles. The number of nitrogens with zero attached hydrogens (tertiary/aromatic N) is 2. The Morgan fingerprint density at radius 3 is 2.60 bits per heavy atom. The van der Waals surface area contributed by atoms with Crippen molar-refractivity contribution in [1.82, 2.24) is 15.1 Å². The Hall–Kier alpha value is -3.06. The minimum Gasteiger partial charge on any atom is -0.496 e. The lowest BCUT2D eigenvalue weighted by Crippen LogP contribution is -2.70. The largest absolute Gasteiger partial charge is 0.496 e. The van der Waals surface area contributed by atoms with Gasteiger partial charge in [0.25, 0.3) is 5.91 Å². The Morgan fingerprint density at radius 2 is 1.87 bits per heavy atom. The molecule has 0 saturated carbocycles. The molecular formula is C22H22ClN3O4. The molecule has 8 heteroatoms. The van der Waals surface area contributed by atoms with Crippen LogP contribution in [0.1, 0.15) is 15.9 Å². The fraction of sp³-hybridized carbons (Fsp3) is 0.318. The zero-order valence-electron chi connectivity index (χ0n) is 16.5. The predicted octanol–water partition coefficient (Wildman–Crippen LogP) is 1.74. The third kappa shape index (κ3) is 3.85. The van der Waals surface area contributed by atoms with Crippen LogP contribution in [0.3, 0.4) is 0 Å². The van der Waals surface area contributed by atoms with E-state index in [1.807, 2.05) is 12.1 Å². The number of carbonyl (C=O) groups excluding carboxylic acids is 3. The van der Waals surface area contributed by atoms with E-state index >= 15 is 0 Å². The normalized spacial score (nSPS) is 21.1. The summed E-state index contributed by atoms with van der Waals surface area (Å²) in [4.78, 5) is 41.9. The minimum absolute atomic E-state index is 0.126. The van der Waals surface area contributed by atoms with Gasteiger partial charge >= 0.3 is 0 Å². The average Bonchev–Trinajstić information content (AvgIpc) is 2.78. The molecule has 2 aliphatic rings. The van der Waals surface area contributed by atoms with Crippen molar-refractivity contribution in [3.63, 3.8) is 0 Å². The van der Waals surface area contributed by atoms with Gasteiger partial charge in [-0.1, -0.05) is 35.9 Å². The summed E-state index contributed by atoms with van der Waals surface area (Å²) >= 11 is 5.91. The van der Waals surface area contributed by atoms with E-state index in [2.05, 4.69) is 5.32 Å². The second kappa shape index (κ2) is 8.36. The van der Waals surface area contributed by atoms with E-state index in [-0.39, 0.29) is 24.3 Å². The van der Waals surface area contributed by atoms with Crippen LogP contribution >= 0.6 is 11.6 Å². The smallest absolute Gasteiger partial charge is 0.257 e. The van der Waals surface area contributed by atoms with Crippen molar-refractivity contribution in [1.29, 1.82) is 0 Å². The van der Waals surface area contributed by atoms with Crippen LogP contribution in [0, 0.1) is 0 Å². The molecule has 2 aromatic rings. The summed E-state index contributed by atoms with van der Waals surface area (Å²) in [5, 5.41) is 3.44. The monoisotopic (exact) mass is 427 g/mol. The number of hydrogen-bond donors (Lipinski definition) is 1. The Labute approximate surface area is 179 Å². The molecule has 2 saturated heterocycles. The van der Waals surface area contributed by atoms with Gasteiger partial charge in [0.15, 0.2) is 0 Å². The van der Waals surface area contributed by atoms with Crippen LogP contribution in [-0.4, -0.2) is 66.3 Å². The summed E-state index contributed by atoms with van der Waals surface area (Å²) < 4.78 is 5.28. The van der Waals surface area contributed by atoms with E-state index in [1.54, 1.807) is 46.2 Å². The molecule has 0 bridgehead atoms. The lowest BCUT2D eigenvalue weighted by atomic mass is 9.98. The van der Waals surface area contributed by atoms with Crippen LogP contribution in [0.4, 0.5) is 0 Å². The maximum absolute atomic E-state index is 13.0. The summed E-state index contributed by atoms with van der Waals surface area (Å²) in [6, 6.07) is 12.9. The van der Waals surface area contributed by atoms with Gasteiger partial charge in [-0.25, -0.2) is 0 Å². The second-order valence-corrected chi connectivity index (χ2v) is 7.83. The van der Waals surface area contributed by atoms with Gasteiger partial charge < -0.3 is 19.9 Å². The summed E-state index contributed by atoms with van der Waals surface area (Å²) in [5.74, 6) is -0.0993. The third-order valence-electron chi connectivity index (χ3n) is 5.56. The van der Waals surface area contributed by atoms with Crippen LogP contribution in [-0.2, 0) is 16.0 Å². The molecule has 2 fully saturated rings. The zero-order chi connectivity index (χ0) is 21.3. The van der Waals surface area contributed by atoms with E-state index in [1.165, 1.54) is 7.11 Å². The van der Waals surface area contributed by atoms with Crippen molar-refractivity contribution in [3.05, 3.63) is 64.7 Å². The van der Waals surface area contributed by atoms with Gasteiger partial charge in [0.2, 0.25) is 11.8 Å². The number of piperazine rings is 2. The standard InChI is InChI=1S/C22H22ClN3O4/c1-30-19-5-3-2-4-16(19)21(28)25-10-11-26-18(13-25)20(27)24-17(22(26)29)12-14-6-8-15(23)9-7-14/h2-9,17-18H,10-13H2,1H3,(H,24,27)/t17-,18+/m0/s1. The summed E-state index contributed by atoms with van der Waals surface area (Å²) in [7, 11) is 1.51. The zero-order valence-corrected chi connectivity index (χ0v) is 17.3. The van der Waals surface area contributed by atoms with E-state index in [0.29, 0.717) is 35.8 Å². The van der Waals surface area contributed by atoms with Crippen molar-refractivity contribution < 1.29 is 19.1 Å². The van der Waals surface area contributed by atoms with Gasteiger partial charge in [0, 0.05) is 24.5 Å². The fourth-order valence-corrected chi connectivity index (χ4v) is 4.10. The quantitative estimate of drug-likeness (QED) is 0.806. The second-order valence-electron chi connectivity index (χ2n) is 7.39. The summed E-state index contributed by atoms with van der Waals surface area (Å²) in [6.07, 6.45) is 0.398. The molecule has 0 aliphatic carbocycles. The van der Waals surface area contributed by atoms with Crippen molar-refractivity contribution in [2.75, 3.05) is 26.7 Å². The Bertz CT molecular complexity index is 979. The highest BCUT2D eigenvalue weighted by atomic mass is 35.5. The third-order valence-corrected chi connectivity index (χ3v) is 5.81. The molecule has 0 spiro atoms. The summed E-state index contributed by atoms with van der Waals surface area (Å²) in [5.41, 5.74) is 1.36. The van der Waals surface area contributed by atoms with Crippen molar-refractivity contribution >= 4 is 29.3 Å². The van der Waals surface area contributed by atoms with Gasteiger partial charge in [-0.3, -0.25) is 14.4 Å². The number of halogens is 1. The number of para-hydroxylation sites is 1. The van der Waals surface area contributed by atoms with Crippen molar-refractivity contribution in [3.8, 4) is 5.75 Å². The first kappa shape index (κ1) is 20.2. The maximum Gasteiger partial charge on any atom is 0.257 e. The molecule has 30 heavy (non-hydrogen) atoms. The van der Waals surface area contributed by atoms with Crippen LogP contribution in [0.25, 0.3) is 0 Å². The van der Waals surface area contributed by atoms with E-state index in [4.69, 9.17) is 16.3 Å². The SMILES string of the molecule is COc1ccccc1C(=O)N1CCN2C(=O)[C@H](Cc3ccc(Cl)cc3)NC(=O)[C@H]2C1. The fourth-order valence-electron chi connectivity index (χ4n) is 3.97. The topological polar surface area (TPSA) is 79.0 Å². The number of benzene rings is 2. The molecule has 4 rings (SSSR count). The predicted molar refractivity (Wildman–Crippen MR) is 111 cm³/mol. The number of carbonyl (C=O) groups is 3. The van der Waals surface area contributed by atoms with E-state index in [0.717, 1.165) is 5.56 Å². The minimum atomic E-state index is -0.689. The Kier molecular flexibility index (Phi) is 5.63. The Balaban J connectivity index is 1.47. The first-order chi connectivity index (χ1) is 14.5. The number of fused-ring (bicyclic) bond motifs is 1. The van der Waals surface area contributed by atoms with Gasteiger partial charge in [0.05, 0.1) is 19.2 Å². The van der Waals surface area contributed by atoms with Crippen LogP contribution in [0.5, 0.6) is 5.75 Å². The van der Waals surface area contributed by atoms with Crippen molar-refractivity contribution in [2.24, 2.45) is 0 Å². The number of ether oxygens (including phenoxy) is 1. The van der Waals surface area contributed by atoms with Gasteiger partial charge in [-0.2, -0.15) is 0 Å². The molecule has 2 aliphatic heterocycles. The maximum atomic E-state index is 13.0. The Morgan fingerprint density at radius 1 is 1.13 bits per heavy atom. The highest BCUT2D eigenvalue weighted by molar-refractivity contribution is 6.30. The highest BCUT2D eigenvalue weighted by Gasteiger charge is 2.44. The van der Waals surface area contributed by atoms with Gasteiger partial charge in [-0.15, -0.1) is 0 Å². The number of amides is 3. The highest BCUT2D eigenvalue weighted by Crippen LogP contribution is 2.23. The molecule has 0 radical (unpaired) electrons. The number of nitrogens with one attached hydrogen (secondary N) is 1. The molecule has 2 heterocycles. The van der Waals surface area contributed by atoms with E-state index in [9.17, 15) is 14.4 Å². The van der Waals surface area contributed by atoms with Gasteiger partial charge in [-0.05, 0) is 29.8 Å². The number of rotatable bonds is 4. The molecule has 3 amide bonds. The van der Waals surface area contributed by atoms with Gasteiger partial charge in [0.1, 0.15) is 17.8 Å². The molecule has 0 unspecified atom stereocenters. The molecule has 2 atom stereocenters. The van der Waals surface area contributed by atoms with Crippen LogP contribution < -0.4 is 10.1 Å². The van der Waals surface area contributed by atoms with Crippen LogP contribution in [0.15, 0.2) is 48.5 Å². The molecule has 2 aromatic carbocycles. The number of hydrogen-bond acceptors (Lipinski definition) is 4. The average molecular weight is 428 g/mol. The molecule has 156 valence electrons. The summed E-state index contributed by atoms with van der Waals surface area (Å²) in [6.45, 7) is 0.830.